The Balaban J connectivity index is 1.93. The number of hydrogen-bond donors (Lipinski definition) is 2. The van der Waals surface area contributed by atoms with Crippen LogP contribution in [0.4, 0.5) is 11.4 Å². The molecule has 0 bridgehead atoms. The van der Waals surface area contributed by atoms with Crippen LogP contribution >= 0.6 is 0 Å². The molecule has 0 unspecified atom stereocenters. The third-order valence-corrected chi connectivity index (χ3v) is 3.53. The maximum absolute atomic E-state index is 11.0. The number of nitrogens with zero attached hydrogens (tertiary/aromatic N) is 3. The predicted molar refractivity (Wildman–Crippen MR) is 90.6 cm³/mol. The number of carbonyl (C=O) groups excluding carboxylic acids is 1. The molecule has 25 heavy (non-hydrogen) atoms. The molecule has 0 radical (unpaired) electrons. The Morgan fingerprint density at radius 1 is 1.40 bits per heavy atom. The van der Waals surface area contributed by atoms with E-state index in [1.165, 1.54) is 11.6 Å². The number of rotatable bonds is 7. The van der Waals surface area contributed by atoms with Crippen LogP contribution in [0.25, 0.3) is 0 Å². The summed E-state index contributed by atoms with van der Waals surface area (Å²) in [6.45, 7) is 4.66. The van der Waals surface area contributed by atoms with E-state index in [9.17, 15) is 20.0 Å². The molecule has 0 saturated carbocycles. The zero-order chi connectivity index (χ0) is 18.6. The van der Waals surface area contributed by atoms with Gasteiger partial charge in [0, 0.05) is 12.6 Å². The van der Waals surface area contributed by atoms with Crippen molar-refractivity contribution in [2.75, 3.05) is 11.9 Å². The topological polar surface area (TPSA) is 120 Å². The third kappa shape index (κ3) is 4.77. The first-order valence-electron chi connectivity index (χ1n) is 7.65. The molecule has 1 aromatic carbocycles. The number of aliphatic hydroxyl groups excluding tert-OH is 1. The molecule has 2 rings (SSSR count). The van der Waals surface area contributed by atoms with E-state index in [-0.39, 0.29) is 24.7 Å². The number of anilines is 1. The Labute approximate surface area is 144 Å². The summed E-state index contributed by atoms with van der Waals surface area (Å²) < 4.78 is 6.89. The quantitative estimate of drug-likeness (QED) is 0.582. The Bertz CT molecular complexity index is 770. The van der Waals surface area contributed by atoms with Crippen LogP contribution in [0.5, 0.6) is 5.75 Å². The van der Waals surface area contributed by atoms with Gasteiger partial charge in [-0.15, -0.1) is 0 Å². The summed E-state index contributed by atoms with van der Waals surface area (Å²) in [6.07, 6.45) is -0.882. The van der Waals surface area contributed by atoms with Crippen molar-refractivity contribution in [3.05, 3.63) is 45.8 Å². The molecular formula is C16H20N4O5. The smallest absolute Gasteiger partial charge is 0.312 e. The van der Waals surface area contributed by atoms with Gasteiger partial charge in [0.05, 0.1) is 11.5 Å². The number of aryl methyl sites for hydroxylation is 1. The van der Waals surface area contributed by atoms with Crippen molar-refractivity contribution in [1.82, 2.24) is 9.78 Å². The molecule has 0 spiro atoms. The molecule has 1 atom stereocenters. The lowest BCUT2D eigenvalue weighted by Gasteiger charge is -2.13. The summed E-state index contributed by atoms with van der Waals surface area (Å²) in [4.78, 5) is 21.5. The van der Waals surface area contributed by atoms with E-state index in [1.54, 1.807) is 38.1 Å². The molecule has 0 aliphatic rings. The van der Waals surface area contributed by atoms with Gasteiger partial charge in [-0.1, -0.05) is 0 Å². The molecule has 134 valence electrons. The number of carbonyl (C=O) groups is 1. The van der Waals surface area contributed by atoms with Gasteiger partial charge in [0.1, 0.15) is 29.8 Å². The van der Waals surface area contributed by atoms with E-state index in [0.29, 0.717) is 22.8 Å². The first-order valence-corrected chi connectivity index (χ1v) is 7.65. The molecular weight excluding hydrogens is 328 g/mol. The van der Waals surface area contributed by atoms with Crippen molar-refractivity contribution in [3.8, 4) is 5.75 Å². The predicted octanol–water partition coefficient (Wildman–Crippen LogP) is 1.81. The summed E-state index contributed by atoms with van der Waals surface area (Å²) in [5, 5.41) is 27.8. The Hall–Kier alpha value is -2.94. The minimum atomic E-state index is -0.882. The highest BCUT2D eigenvalue weighted by Gasteiger charge is 2.22. The van der Waals surface area contributed by atoms with Gasteiger partial charge in [-0.3, -0.25) is 19.6 Å². The highest BCUT2D eigenvalue weighted by Crippen LogP contribution is 2.22. The number of nitro groups is 1. The minimum absolute atomic E-state index is 0.00558. The number of ether oxygens (including phenoxy) is 1. The molecule has 0 saturated heterocycles. The lowest BCUT2D eigenvalue weighted by Crippen LogP contribution is -2.24. The van der Waals surface area contributed by atoms with Crippen LogP contribution in [0.15, 0.2) is 24.3 Å². The second-order valence-electron chi connectivity index (χ2n) is 5.63. The molecule has 0 aliphatic heterocycles. The van der Waals surface area contributed by atoms with Crippen LogP contribution in [0, 0.1) is 24.0 Å². The van der Waals surface area contributed by atoms with Crippen LogP contribution in [-0.4, -0.2) is 38.4 Å². The number of aromatic nitrogens is 2. The van der Waals surface area contributed by atoms with Crippen LogP contribution in [-0.2, 0) is 11.3 Å². The third-order valence-electron chi connectivity index (χ3n) is 3.53. The lowest BCUT2D eigenvalue weighted by molar-refractivity contribution is -0.386. The van der Waals surface area contributed by atoms with E-state index in [4.69, 9.17) is 4.74 Å². The molecule has 0 aliphatic carbocycles. The highest BCUT2D eigenvalue weighted by atomic mass is 16.6. The number of hydrogen-bond acceptors (Lipinski definition) is 6. The Morgan fingerprint density at radius 3 is 2.56 bits per heavy atom. The van der Waals surface area contributed by atoms with Crippen LogP contribution in [0.2, 0.25) is 0 Å². The number of aliphatic hydroxyl groups is 1. The first-order chi connectivity index (χ1) is 11.8. The van der Waals surface area contributed by atoms with E-state index in [2.05, 4.69) is 10.4 Å². The van der Waals surface area contributed by atoms with Gasteiger partial charge in [0.15, 0.2) is 0 Å². The molecule has 0 fully saturated rings. The fourth-order valence-corrected chi connectivity index (χ4v) is 2.41. The van der Waals surface area contributed by atoms with Gasteiger partial charge in [0.25, 0.3) is 0 Å². The first kappa shape index (κ1) is 18.4. The van der Waals surface area contributed by atoms with Crippen LogP contribution in [0.1, 0.15) is 18.3 Å². The van der Waals surface area contributed by atoms with Crippen molar-refractivity contribution in [2.45, 2.75) is 33.4 Å². The van der Waals surface area contributed by atoms with E-state index < -0.39 is 11.0 Å². The number of amides is 1. The molecule has 2 aromatic rings. The standard InChI is InChI=1S/C16H20N4O5/c1-10-16(20(23)24)11(2)19(18-10)8-14(22)9-25-15-6-4-13(5-7-15)17-12(3)21/h4-7,14,22H,8-9H2,1-3H3,(H,17,21)/t14-/m1/s1. The highest BCUT2D eigenvalue weighted by molar-refractivity contribution is 5.88. The second kappa shape index (κ2) is 7.75. The zero-order valence-corrected chi connectivity index (χ0v) is 14.2. The van der Waals surface area contributed by atoms with E-state index in [1.807, 2.05) is 0 Å². The lowest BCUT2D eigenvalue weighted by atomic mass is 10.3. The summed E-state index contributed by atoms with van der Waals surface area (Å²) in [6, 6.07) is 6.72. The van der Waals surface area contributed by atoms with Crippen molar-refractivity contribution in [1.29, 1.82) is 0 Å². The molecule has 9 heteroatoms. The minimum Gasteiger partial charge on any atom is -0.491 e. The average molecular weight is 348 g/mol. The number of benzene rings is 1. The Kier molecular flexibility index (Phi) is 5.71. The summed E-state index contributed by atoms with van der Waals surface area (Å²) in [7, 11) is 0. The van der Waals surface area contributed by atoms with Gasteiger partial charge >= 0.3 is 5.69 Å². The normalized spacial score (nSPS) is 11.8. The van der Waals surface area contributed by atoms with Gasteiger partial charge in [-0.05, 0) is 38.1 Å². The maximum Gasteiger partial charge on any atom is 0.312 e. The van der Waals surface area contributed by atoms with E-state index in [0.717, 1.165) is 0 Å². The monoisotopic (exact) mass is 348 g/mol. The van der Waals surface area contributed by atoms with Crippen LogP contribution < -0.4 is 10.1 Å². The Morgan fingerprint density at radius 2 is 2.04 bits per heavy atom. The molecule has 9 nitrogen and oxygen atoms in total. The largest absolute Gasteiger partial charge is 0.491 e. The second-order valence-corrected chi connectivity index (χ2v) is 5.63. The number of nitrogens with one attached hydrogen (secondary N) is 1. The van der Waals surface area contributed by atoms with Crippen LogP contribution in [0.3, 0.4) is 0 Å². The van der Waals surface area contributed by atoms with Crippen molar-refractivity contribution >= 4 is 17.3 Å². The average Bonchev–Trinajstić information content (AvgIpc) is 2.80. The zero-order valence-electron chi connectivity index (χ0n) is 14.2. The summed E-state index contributed by atoms with van der Waals surface area (Å²) >= 11 is 0. The van der Waals surface area contributed by atoms with Gasteiger partial charge in [0.2, 0.25) is 5.91 Å². The van der Waals surface area contributed by atoms with Gasteiger partial charge in [-0.2, -0.15) is 5.10 Å². The maximum atomic E-state index is 11.0. The van der Waals surface area contributed by atoms with Crippen molar-refractivity contribution in [3.63, 3.8) is 0 Å². The summed E-state index contributed by atoms with van der Waals surface area (Å²) in [5.41, 5.74) is 1.31. The van der Waals surface area contributed by atoms with E-state index >= 15 is 0 Å². The molecule has 1 aromatic heterocycles. The van der Waals surface area contributed by atoms with Gasteiger partial charge in [-0.25, -0.2) is 0 Å². The summed E-state index contributed by atoms with van der Waals surface area (Å²) in [5.74, 6) is 0.371. The van der Waals surface area contributed by atoms with Crippen molar-refractivity contribution < 1.29 is 19.6 Å². The molecule has 1 amide bonds. The molecule has 1 heterocycles. The fraction of sp³-hybridized carbons (Fsp3) is 0.375. The SMILES string of the molecule is CC(=O)Nc1ccc(OC[C@H](O)Cn2nc(C)c([N+](=O)[O-])c2C)cc1. The van der Waals surface area contributed by atoms with Gasteiger partial charge < -0.3 is 15.2 Å². The fourth-order valence-electron chi connectivity index (χ4n) is 2.41. The van der Waals surface area contributed by atoms with Crippen molar-refractivity contribution in [2.24, 2.45) is 0 Å². The molecule has 2 N–H and O–H groups in total.